The van der Waals surface area contributed by atoms with Gasteiger partial charge in [0, 0.05) is 43.4 Å². The Morgan fingerprint density at radius 3 is 2.53 bits per heavy atom. The van der Waals surface area contributed by atoms with Crippen LogP contribution in [-0.4, -0.2) is 34.1 Å². The van der Waals surface area contributed by atoms with Crippen molar-refractivity contribution in [1.29, 1.82) is 0 Å². The van der Waals surface area contributed by atoms with Gasteiger partial charge in [-0.05, 0) is 49.6 Å². The van der Waals surface area contributed by atoms with E-state index < -0.39 is 11.6 Å². The van der Waals surface area contributed by atoms with Gasteiger partial charge in [0.2, 0.25) is 11.7 Å². The summed E-state index contributed by atoms with van der Waals surface area (Å²) in [6.07, 6.45) is 2.96. The number of aromatic nitrogens is 3. The molecular formula is C27H25F2N5O2. The summed E-state index contributed by atoms with van der Waals surface area (Å²) >= 11 is 0. The molecule has 1 saturated heterocycles. The first-order chi connectivity index (χ1) is 17.5. The Bertz CT molecular complexity index is 1340. The summed E-state index contributed by atoms with van der Waals surface area (Å²) < 4.78 is 32.4. The maximum absolute atomic E-state index is 13.4. The van der Waals surface area contributed by atoms with Crippen molar-refractivity contribution in [2.24, 2.45) is 5.92 Å². The minimum atomic E-state index is -0.661. The van der Waals surface area contributed by atoms with Gasteiger partial charge in [0.15, 0.2) is 0 Å². The molecule has 9 heteroatoms. The molecule has 1 fully saturated rings. The number of aryl methyl sites for hydroxylation is 1. The number of piperidine rings is 1. The first kappa shape index (κ1) is 23.6. The standard InChI is InChI=1S/C27H25F2N5O2/c1-17-4-6-19(7-5-17)24-32-27(36-33-24)23-3-2-10-30-25(23)34-11-8-20(9-12-34)26(35)31-16-18-13-21(28)15-22(29)14-18/h2-7,10,13-15,20H,8-9,11-12,16H2,1H3,(H,31,35). The first-order valence-electron chi connectivity index (χ1n) is 11.8. The molecule has 0 saturated carbocycles. The van der Waals surface area contributed by atoms with Crippen molar-refractivity contribution in [3.63, 3.8) is 0 Å². The molecule has 36 heavy (non-hydrogen) atoms. The number of carbonyl (C=O) groups is 1. The number of nitrogens with zero attached hydrogens (tertiary/aromatic N) is 4. The number of hydrogen-bond acceptors (Lipinski definition) is 6. The predicted molar refractivity (Wildman–Crippen MR) is 131 cm³/mol. The second kappa shape index (κ2) is 10.2. The van der Waals surface area contributed by atoms with E-state index in [9.17, 15) is 13.6 Å². The van der Waals surface area contributed by atoms with Gasteiger partial charge in [-0.1, -0.05) is 35.0 Å². The summed E-state index contributed by atoms with van der Waals surface area (Å²) in [4.78, 5) is 23.9. The third kappa shape index (κ3) is 5.25. The molecule has 7 nitrogen and oxygen atoms in total. The van der Waals surface area contributed by atoms with Crippen LogP contribution in [0.5, 0.6) is 0 Å². The van der Waals surface area contributed by atoms with E-state index in [0.717, 1.165) is 28.6 Å². The lowest BCUT2D eigenvalue weighted by Gasteiger charge is -2.32. The van der Waals surface area contributed by atoms with Gasteiger partial charge in [-0.2, -0.15) is 4.98 Å². The Morgan fingerprint density at radius 1 is 1.08 bits per heavy atom. The molecule has 1 N–H and O–H groups in total. The summed E-state index contributed by atoms with van der Waals surface area (Å²) in [6.45, 7) is 3.34. The van der Waals surface area contributed by atoms with Gasteiger partial charge in [-0.3, -0.25) is 4.79 Å². The van der Waals surface area contributed by atoms with Crippen LogP contribution in [-0.2, 0) is 11.3 Å². The van der Waals surface area contributed by atoms with Crippen molar-refractivity contribution in [1.82, 2.24) is 20.4 Å². The Labute approximate surface area is 207 Å². The van der Waals surface area contributed by atoms with Crippen LogP contribution in [0.15, 0.2) is 65.3 Å². The van der Waals surface area contributed by atoms with Crippen LogP contribution < -0.4 is 10.2 Å². The Hall–Kier alpha value is -4.14. The number of rotatable bonds is 6. The fourth-order valence-electron chi connectivity index (χ4n) is 4.37. The average Bonchev–Trinajstić information content (AvgIpc) is 3.37. The third-order valence-corrected chi connectivity index (χ3v) is 6.31. The van der Waals surface area contributed by atoms with E-state index in [0.29, 0.717) is 43.2 Å². The van der Waals surface area contributed by atoms with E-state index in [1.54, 1.807) is 6.20 Å². The van der Waals surface area contributed by atoms with Crippen LogP contribution in [0.1, 0.15) is 24.0 Å². The van der Waals surface area contributed by atoms with E-state index in [-0.39, 0.29) is 18.4 Å². The van der Waals surface area contributed by atoms with E-state index in [2.05, 4.69) is 25.3 Å². The van der Waals surface area contributed by atoms with Crippen molar-refractivity contribution in [3.05, 3.63) is 83.6 Å². The Kier molecular flexibility index (Phi) is 6.71. The number of carbonyl (C=O) groups excluding carboxylic acids is 1. The molecule has 0 atom stereocenters. The summed E-state index contributed by atoms with van der Waals surface area (Å²) in [5, 5.41) is 6.94. The van der Waals surface area contributed by atoms with Crippen LogP contribution in [0, 0.1) is 24.5 Å². The monoisotopic (exact) mass is 489 g/mol. The molecule has 0 unspecified atom stereocenters. The highest BCUT2D eigenvalue weighted by Gasteiger charge is 2.28. The van der Waals surface area contributed by atoms with E-state index in [1.807, 2.05) is 43.3 Å². The molecule has 0 spiro atoms. The largest absolute Gasteiger partial charge is 0.356 e. The number of hydrogen-bond donors (Lipinski definition) is 1. The van der Waals surface area contributed by atoms with Crippen LogP contribution in [0.4, 0.5) is 14.6 Å². The minimum Gasteiger partial charge on any atom is -0.356 e. The number of pyridine rings is 1. The van der Waals surface area contributed by atoms with Crippen LogP contribution >= 0.6 is 0 Å². The minimum absolute atomic E-state index is 0.0819. The molecule has 4 aromatic rings. The highest BCUT2D eigenvalue weighted by molar-refractivity contribution is 5.79. The van der Waals surface area contributed by atoms with Crippen molar-refractivity contribution in [2.75, 3.05) is 18.0 Å². The van der Waals surface area contributed by atoms with Crippen molar-refractivity contribution >= 4 is 11.7 Å². The van der Waals surface area contributed by atoms with Gasteiger partial charge in [0.1, 0.15) is 17.5 Å². The zero-order valence-corrected chi connectivity index (χ0v) is 19.7. The molecule has 2 aromatic carbocycles. The lowest BCUT2D eigenvalue weighted by atomic mass is 9.95. The SMILES string of the molecule is Cc1ccc(-c2noc(-c3cccnc3N3CCC(C(=O)NCc4cc(F)cc(F)c4)CC3)n2)cc1. The number of nitrogens with one attached hydrogen (secondary N) is 1. The second-order valence-corrected chi connectivity index (χ2v) is 8.92. The molecule has 5 rings (SSSR count). The fraction of sp³-hybridized carbons (Fsp3) is 0.259. The van der Waals surface area contributed by atoms with E-state index >= 15 is 0 Å². The molecule has 0 aliphatic carbocycles. The molecular weight excluding hydrogens is 464 g/mol. The Morgan fingerprint density at radius 2 is 1.81 bits per heavy atom. The highest BCUT2D eigenvalue weighted by atomic mass is 19.1. The number of amides is 1. The zero-order chi connectivity index (χ0) is 25.1. The topological polar surface area (TPSA) is 84.2 Å². The molecule has 2 aromatic heterocycles. The van der Waals surface area contributed by atoms with Gasteiger partial charge < -0.3 is 14.7 Å². The van der Waals surface area contributed by atoms with Crippen LogP contribution in [0.25, 0.3) is 22.8 Å². The molecule has 3 heterocycles. The van der Waals surface area contributed by atoms with Crippen LogP contribution in [0.3, 0.4) is 0 Å². The molecule has 0 radical (unpaired) electrons. The van der Waals surface area contributed by atoms with Gasteiger partial charge in [-0.15, -0.1) is 0 Å². The van der Waals surface area contributed by atoms with Crippen molar-refractivity contribution in [2.45, 2.75) is 26.3 Å². The number of benzene rings is 2. The molecule has 184 valence electrons. The number of anilines is 1. The fourth-order valence-corrected chi connectivity index (χ4v) is 4.37. The molecule has 1 aliphatic heterocycles. The maximum Gasteiger partial charge on any atom is 0.261 e. The average molecular weight is 490 g/mol. The number of halogens is 2. The van der Waals surface area contributed by atoms with Crippen molar-refractivity contribution < 1.29 is 18.1 Å². The lowest BCUT2D eigenvalue weighted by Crippen LogP contribution is -2.40. The van der Waals surface area contributed by atoms with Crippen LogP contribution in [0.2, 0.25) is 0 Å². The highest BCUT2D eigenvalue weighted by Crippen LogP contribution is 2.32. The summed E-state index contributed by atoms with van der Waals surface area (Å²) in [5.41, 5.74) is 3.14. The molecule has 1 amide bonds. The predicted octanol–water partition coefficient (Wildman–Crippen LogP) is 4.92. The van der Waals surface area contributed by atoms with Gasteiger partial charge in [0.05, 0.1) is 5.56 Å². The maximum atomic E-state index is 13.4. The molecule has 1 aliphatic rings. The van der Waals surface area contributed by atoms with Crippen molar-refractivity contribution in [3.8, 4) is 22.8 Å². The summed E-state index contributed by atoms with van der Waals surface area (Å²) in [6, 6.07) is 14.9. The summed E-state index contributed by atoms with van der Waals surface area (Å²) in [5.74, 6) is -0.0181. The second-order valence-electron chi connectivity index (χ2n) is 8.92. The lowest BCUT2D eigenvalue weighted by molar-refractivity contribution is -0.125. The van der Waals surface area contributed by atoms with Gasteiger partial charge >= 0.3 is 0 Å². The van der Waals surface area contributed by atoms with Gasteiger partial charge in [-0.25, -0.2) is 13.8 Å². The van der Waals surface area contributed by atoms with E-state index in [1.165, 1.54) is 12.1 Å². The normalized spacial score (nSPS) is 14.1. The third-order valence-electron chi connectivity index (χ3n) is 6.31. The van der Waals surface area contributed by atoms with Gasteiger partial charge in [0.25, 0.3) is 5.89 Å². The first-order valence-corrected chi connectivity index (χ1v) is 11.8. The van der Waals surface area contributed by atoms with E-state index in [4.69, 9.17) is 4.52 Å². The molecule has 0 bridgehead atoms. The zero-order valence-electron chi connectivity index (χ0n) is 19.7. The quantitative estimate of drug-likeness (QED) is 0.414. The smallest absolute Gasteiger partial charge is 0.261 e. The Balaban J connectivity index is 1.23. The summed E-state index contributed by atoms with van der Waals surface area (Å²) in [7, 11) is 0.